The van der Waals surface area contributed by atoms with Gasteiger partial charge in [0.15, 0.2) is 0 Å². The molecule has 0 aromatic carbocycles. The van der Waals surface area contributed by atoms with Gasteiger partial charge in [-0.1, -0.05) is 12.7 Å². The Morgan fingerprint density at radius 1 is 1.60 bits per heavy atom. The third kappa shape index (κ3) is 1.81. The third-order valence-corrected chi connectivity index (χ3v) is 3.67. The molecule has 1 saturated carbocycles. The van der Waals surface area contributed by atoms with E-state index in [0.29, 0.717) is 6.61 Å². The van der Waals surface area contributed by atoms with Gasteiger partial charge in [-0.05, 0) is 33.1 Å². The summed E-state index contributed by atoms with van der Waals surface area (Å²) in [6, 6.07) is 0. The van der Waals surface area contributed by atoms with Crippen molar-refractivity contribution >= 4 is 5.97 Å². The summed E-state index contributed by atoms with van der Waals surface area (Å²) in [4.78, 5) is 11.8. The zero-order valence-electron chi connectivity index (χ0n) is 9.41. The van der Waals surface area contributed by atoms with Crippen LogP contribution in [0, 0.1) is 5.41 Å². The number of epoxide rings is 1. The minimum absolute atomic E-state index is 0.0538. The lowest BCUT2D eigenvalue weighted by Crippen LogP contribution is -2.37. The van der Waals surface area contributed by atoms with E-state index in [1.54, 1.807) is 6.08 Å². The maximum Gasteiger partial charge on any atom is 0.312 e. The van der Waals surface area contributed by atoms with Gasteiger partial charge in [-0.25, -0.2) is 0 Å². The molecule has 15 heavy (non-hydrogen) atoms. The first-order chi connectivity index (χ1) is 7.00. The van der Waals surface area contributed by atoms with Crippen molar-refractivity contribution in [3.63, 3.8) is 0 Å². The summed E-state index contributed by atoms with van der Waals surface area (Å²) in [6.07, 6.45) is 4.46. The van der Waals surface area contributed by atoms with Gasteiger partial charge in [-0.3, -0.25) is 4.79 Å². The first-order valence-corrected chi connectivity index (χ1v) is 5.46. The minimum atomic E-state index is -0.357. The highest BCUT2D eigenvalue weighted by Gasteiger charge is 2.60. The minimum Gasteiger partial charge on any atom is -0.461 e. The first-order valence-electron chi connectivity index (χ1n) is 5.46. The van der Waals surface area contributed by atoms with Gasteiger partial charge in [0.2, 0.25) is 0 Å². The number of fused-ring (bicyclic) bond motifs is 1. The molecule has 2 rings (SSSR count). The van der Waals surface area contributed by atoms with Crippen LogP contribution in [-0.4, -0.2) is 24.3 Å². The van der Waals surface area contributed by atoms with Gasteiger partial charge in [0, 0.05) is 0 Å². The summed E-state index contributed by atoms with van der Waals surface area (Å²) in [5, 5.41) is 0. The van der Waals surface area contributed by atoms with Crippen LogP contribution in [-0.2, 0) is 14.3 Å². The van der Waals surface area contributed by atoms with Crippen molar-refractivity contribution in [3.05, 3.63) is 12.7 Å². The quantitative estimate of drug-likeness (QED) is 0.406. The molecule has 0 spiro atoms. The van der Waals surface area contributed by atoms with Crippen LogP contribution in [0.4, 0.5) is 0 Å². The zero-order valence-corrected chi connectivity index (χ0v) is 9.41. The molecular formula is C12H18O3. The van der Waals surface area contributed by atoms with E-state index < -0.39 is 0 Å². The Kier molecular flexibility index (Phi) is 2.38. The number of carbonyl (C=O) groups is 1. The number of hydrogen-bond donors (Lipinski definition) is 0. The monoisotopic (exact) mass is 210 g/mol. The SMILES string of the molecule is C=CCOC(=O)C1(C)CCC2(C)O[C@H]2C1. The van der Waals surface area contributed by atoms with Crippen LogP contribution in [0.3, 0.4) is 0 Å². The van der Waals surface area contributed by atoms with Crippen LogP contribution >= 0.6 is 0 Å². The summed E-state index contributed by atoms with van der Waals surface area (Å²) in [5.74, 6) is -0.111. The molecule has 3 nitrogen and oxygen atoms in total. The molecule has 1 aliphatic heterocycles. The Bertz CT molecular complexity index is 299. The average molecular weight is 210 g/mol. The van der Waals surface area contributed by atoms with E-state index in [4.69, 9.17) is 9.47 Å². The number of ether oxygens (including phenoxy) is 2. The molecule has 0 N–H and O–H groups in total. The second-order valence-corrected chi connectivity index (χ2v) is 5.07. The first kappa shape index (κ1) is 10.7. The van der Waals surface area contributed by atoms with Crippen molar-refractivity contribution in [2.75, 3.05) is 6.61 Å². The zero-order chi connectivity index (χ0) is 11.1. The predicted octanol–water partition coefficient (Wildman–Crippen LogP) is 2.06. The Hall–Kier alpha value is -0.830. The average Bonchev–Trinajstić information content (AvgIpc) is 2.85. The second kappa shape index (κ2) is 3.34. The second-order valence-electron chi connectivity index (χ2n) is 5.07. The fraction of sp³-hybridized carbons (Fsp3) is 0.750. The normalized spacial score (nSPS) is 42.9. The van der Waals surface area contributed by atoms with Crippen molar-refractivity contribution in [1.82, 2.24) is 0 Å². The summed E-state index contributed by atoms with van der Waals surface area (Å²) >= 11 is 0. The van der Waals surface area contributed by atoms with E-state index in [1.807, 2.05) is 6.92 Å². The molecule has 0 amide bonds. The third-order valence-electron chi connectivity index (χ3n) is 3.67. The highest BCUT2D eigenvalue weighted by atomic mass is 16.6. The van der Waals surface area contributed by atoms with Gasteiger partial charge in [0.1, 0.15) is 6.61 Å². The van der Waals surface area contributed by atoms with Crippen molar-refractivity contribution < 1.29 is 14.3 Å². The summed E-state index contributed by atoms with van der Waals surface area (Å²) in [6.45, 7) is 7.92. The molecule has 1 heterocycles. The molecule has 1 saturated heterocycles. The lowest BCUT2D eigenvalue weighted by Gasteiger charge is -2.30. The van der Waals surface area contributed by atoms with Gasteiger partial charge in [-0.15, -0.1) is 0 Å². The standard InChI is InChI=1S/C12H18O3/c1-4-7-14-10(13)11(2)5-6-12(3)9(8-11)15-12/h4,9H,1,5-8H2,2-3H3/t9-,11?,12?/m0/s1. The number of esters is 1. The number of carbonyl (C=O) groups excluding carboxylic acids is 1. The maximum atomic E-state index is 11.8. The fourth-order valence-electron chi connectivity index (χ4n) is 2.30. The smallest absolute Gasteiger partial charge is 0.312 e. The topological polar surface area (TPSA) is 38.8 Å². The van der Waals surface area contributed by atoms with E-state index in [-0.39, 0.29) is 23.1 Å². The Morgan fingerprint density at radius 2 is 2.33 bits per heavy atom. The van der Waals surface area contributed by atoms with Crippen LogP contribution in [0.2, 0.25) is 0 Å². The Labute approximate surface area is 90.4 Å². The van der Waals surface area contributed by atoms with E-state index in [2.05, 4.69) is 13.5 Å². The lowest BCUT2D eigenvalue weighted by atomic mass is 9.72. The maximum absolute atomic E-state index is 11.8. The van der Waals surface area contributed by atoms with Crippen molar-refractivity contribution in [3.8, 4) is 0 Å². The van der Waals surface area contributed by atoms with Gasteiger partial charge in [0.05, 0.1) is 17.1 Å². The van der Waals surface area contributed by atoms with Crippen LogP contribution < -0.4 is 0 Å². The molecule has 2 aliphatic rings. The molecule has 0 aromatic heterocycles. The number of hydrogen-bond acceptors (Lipinski definition) is 3. The van der Waals surface area contributed by atoms with Gasteiger partial charge < -0.3 is 9.47 Å². The van der Waals surface area contributed by atoms with Crippen LogP contribution in [0.25, 0.3) is 0 Å². The molecule has 2 unspecified atom stereocenters. The van der Waals surface area contributed by atoms with Crippen molar-refractivity contribution in [1.29, 1.82) is 0 Å². The van der Waals surface area contributed by atoms with E-state index in [0.717, 1.165) is 19.3 Å². The Morgan fingerprint density at radius 3 is 2.93 bits per heavy atom. The molecule has 3 atom stereocenters. The molecular weight excluding hydrogens is 192 g/mol. The van der Waals surface area contributed by atoms with Crippen LogP contribution in [0.5, 0.6) is 0 Å². The molecule has 1 aliphatic carbocycles. The summed E-state index contributed by atoms with van der Waals surface area (Å²) in [7, 11) is 0. The molecule has 0 aromatic rings. The van der Waals surface area contributed by atoms with Crippen LogP contribution in [0.15, 0.2) is 12.7 Å². The number of rotatable bonds is 3. The van der Waals surface area contributed by atoms with Gasteiger partial charge in [-0.2, -0.15) is 0 Å². The molecule has 84 valence electrons. The van der Waals surface area contributed by atoms with E-state index >= 15 is 0 Å². The van der Waals surface area contributed by atoms with E-state index in [1.165, 1.54) is 0 Å². The molecule has 0 radical (unpaired) electrons. The summed E-state index contributed by atoms with van der Waals surface area (Å²) < 4.78 is 10.7. The fourth-order valence-corrected chi connectivity index (χ4v) is 2.30. The van der Waals surface area contributed by atoms with Gasteiger partial charge >= 0.3 is 5.97 Å². The Balaban J connectivity index is 1.96. The largest absolute Gasteiger partial charge is 0.461 e. The molecule has 0 bridgehead atoms. The summed E-state index contributed by atoms with van der Waals surface area (Å²) in [5.41, 5.74) is -0.304. The van der Waals surface area contributed by atoms with Gasteiger partial charge in [0.25, 0.3) is 0 Å². The van der Waals surface area contributed by atoms with Crippen molar-refractivity contribution in [2.45, 2.75) is 44.8 Å². The van der Waals surface area contributed by atoms with Crippen LogP contribution in [0.1, 0.15) is 33.1 Å². The van der Waals surface area contributed by atoms with E-state index in [9.17, 15) is 4.79 Å². The molecule has 2 fully saturated rings. The molecule has 3 heteroatoms. The van der Waals surface area contributed by atoms with Crippen molar-refractivity contribution in [2.24, 2.45) is 5.41 Å². The highest BCUT2D eigenvalue weighted by Crippen LogP contribution is 2.53. The lowest BCUT2D eigenvalue weighted by molar-refractivity contribution is -0.155. The highest BCUT2D eigenvalue weighted by molar-refractivity contribution is 5.77. The predicted molar refractivity (Wildman–Crippen MR) is 56.4 cm³/mol.